The third-order valence-corrected chi connectivity index (χ3v) is 1.56. The Morgan fingerprint density at radius 2 is 1.44 bits per heavy atom. The van der Waals surface area contributed by atoms with E-state index in [0.29, 0.717) is 24.5 Å². The molecule has 0 spiro atoms. The molecule has 0 aromatic carbocycles. The third-order valence-electron chi connectivity index (χ3n) is 1.56. The molecule has 0 aliphatic rings. The van der Waals surface area contributed by atoms with Gasteiger partial charge in [-0.1, -0.05) is 0 Å². The fourth-order valence-electron chi connectivity index (χ4n) is 0.888. The number of aliphatic imine (C=N–C) groups is 2. The lowest BCUT2D eigenvalue weighted by molar-refractivity contribution is 0.392. The van der Waals surface area contributed by atoms with Crippen LogP contribution in [-0.2, 0) is 0 Å². The molecule has 0 atom stereocenters. The molecule has 0 saturated carbocycles. The molecule has 0 amide bonds. The molecule has 0 N–H and O–H groups in total. The van der Waals surface area contributed by atoms with Gasteiger partial charge in [0.2, 0.25) is 0 Å². The van der Waals surface area contributed by atoms with Gasteiger partial charge in [-0.25, -0.2) is 0 Å². The van der Waals surface area contributed by atoms with E-state index in [-0.39, 0.29) is 0 Å². The van der Waals surface area contributed by atoms with Crippen LogP contribution >= 0.6 is 0 Å². The number of hydrogen-bond donors (Lipinski definition) is 0. The van der Waals surface area contributed by atoms with Crippen molar-refractivity contribution in [1.82, 2.24) is 20.7 Å². The summed E-state index contributed by atoms with van der Waals surface area (Å²) in [7, 11) is 0. The van der Waals surface area contributed by atoms with E-state index in [2.05, 4.69) is 39.8 Å². The highest BCUT2D eigenvalue weighted by molar-refractivity contribution is 5.76. The van der Waals surface area contributed by atoms with Crippen LogP contribution < -0.4 is 0 Å². The lowest BCUT2D eigenvalue weighted by Gasteiger charge is -1.86. The molecular formula is C8H8N6O2. The summed E-state index contributed by atoms with van der Waals surface area (Å²) in [6, 6.07) is 0. The molecule has 0 saturated heterocycles. The zero-order valence-corrected chi connectivity index (χ0v) is 8.22. The van der Waals surface area contributed by atoms with Crippen LogP contribution in [-0.4, -0.2) is 46.3 Å². The molecule has 2 aromatic rings. The fraction of sp³-hybridized carbons (Fsp3) is 0.250. The summed E-state index contributed by atoms with van der Waals surface area (Å²) >= 11 is 0. The van der Waals surface area contributed by atoms with Gasteiger partial charge in [-0.3, -0.25) is 9.98 Å². The van der Waals surface area contributed by atoms with E-state index in [0.717, 1.165) is 0 Å². The van der Waals surface area contributed by atoms with Crippen molar-refractivity contribution in [3.63, 3.8) is 0 Å². The molecule has 0 bridgehead atoms. The normalized spacial score (nSPS) is 11.8. The van der Waals surface area contributed by atoms with Gasteiger partial charge in [-0.05, 0) is 0 Å². The Hall–Kier alpha value is -2.38. The van der Waals surface area contributed by atoms with Gasteiger partial charge in [-0.2, -0.15) is 0 Å². The highest BCUT2D eigenvalue weighted by Gasteiger charge is 1.91. The van der Waals surface area contributed by atoms with Crippen molar-refractivity contribution in [2.24, 2.45) is 9.98 Å². The van der Waals surface area contributed by atoms with E-state index in [9.17, 15) is 0 Å². The van der Waals surface area contributed by atoms with E-state index in [1.54, 1.807) is 12.4 Å². The summed E-state index contributed by atoms with van der Waals surface area (Å²) in [5, 5.41) is 13.9. The van der Waals surface area contributed by atoms with Gasteiger partial charge in [0, 0.05) is 10.5 Å². The Labute approximate surface area is 90.0 Å². The zero-order valence-electron chi connectivity index (χ0n) is 8.22. The maximum absolute atomic E-state index is 4.53. The minimum absolute atomic E-state index is 0.550. The number of nitrogens with zero attached hydrogens (tertiary/aromatic N) is 6. The van der Waals surface area contributed by atoms with Crippen LogP contribution in [0, 0.1) is 0 Å². The molecule has 0 aliphatic carbocycles. The van der Waals surface area contributed by atoms with Crippen molar-refractivity contribution in [1.29, 1.82) is 0 Å². The van der Waals surface area contributed by atoms with Gasteiger partial charge < -0.3 is 9.05 Å². The first-order valence-electron chi connectivity index (χ1n) is 4.49. The summed E-state index contributed by atoms with van der Waals surface area (Å²) in [6.07, 6.45) is 5.97. The van der Waals surface area contributed by atoms with Gasteiger partial charge in [0.25, 0.3) is 0 Å². The van der Waals surface area contributed by atoms with Crippen LogP contribution in [0.2, 0.25) is 0 Å². The topological polar surface area (TPSA) is 103 Å². The minimum Gasteiger partial charge on any atom is -0.345 e. The Balaban J connectivity index is 1.69. The van der Waals surface area contributed by atoms with E-state index >= 15 is 0 Å². The Morgan fingerprint density at radius 1 is 0.938 bits per heavy atom. The van der Waals surface area contributed by atoms with Gasteiger partial charge >= 0.3 is 0 Å². The largest absolute Gasteiger partial charge is 0.345 e. The van der Waals surface area contributed by atoms with E-state index in [1.807, 2.05) is 0 Å². The minimum atomic E-state index is 0.550. The zero-order chi connectivity index (χ0) is 11.1. The maximum atomic E-state index is 4.53. The highest BCUT2D eigenvalue weighted by Crippen LogP contribution is 1.87. The van der Waals surface area contributed by atoms with Crippen molar-refractivity contribution < 1.29 is 9.05 Å². The summed E-state index contributed by atoms with van der Waals surface area (Å²) < 4.78 is 9.07. The van der Waals surface area contributed by atoms with Gasteiger partial charge in [-0.15, -0.1) is 10.2 Å². The van der Waals surface area contributed by atoms with Crippen LogP contribution in [0.1, 0.15) is 11.4 Å². The van der Waals surface area contributed by atoms with Crippen molar-refractivity contribution in [3.8, 4) is 0 Å². The molecule has 16 heavy (non-hydrogen) atoms. The standard InChI is InChI=1S/C8H8N6O2/c1(9-3-7-5-15-13-11-7)2-10-4-8-6-16-14-12-8/h3-6H,1-2H2/b9-3+,10-4+. The van der Waals surface area contributed by atoms with Crippen LogP contribution in [0.4, 0.5) is 0 Å². The summed E-state index contributed by atoms with van der Waals surface area (Å²) in [4.78, 5) is 8.14. The molecule has 8 heteroatoms. The van der Waals surface area contributed by atoms with E-state index in [4.69, 9.17) is 0 Å². The quantitative estimate of drug-likeness (QED) is 0.518. The predicted octanol–water partition coefficient (Wildman–Crippen LogP) is -0.00940. The lowest BCUT2D eigenvalue weighted by atomic mass is 10.5. The Kier molecular flexibility index (Phi) is 3.48. The molecule has 0 unspecified atom stereocenters. The SMILES string of the molecule is C(=N\CC/N=C/c1conn1)/c1conn1. The maximum Gasteiger partial charge on any atom is 0.153 e. The first-order chi connectivity index (χ1) is 7.95. The molecule has 2 aromatic heterocycles. The van der Waals surface area contributed by atoms with Crippen molar-refractivity contribution in [2.75, 3.05) is 13.1 Å². The molecule has 2 heterocycles. The summed E-state index contributed by atoms with van der Waals surface area (Å²) in [5.41, 5.74) is 1.18. The highest BCUT2D eigenvalue weighted by atomic mass is 16.5. The monoisotopic (exact) mass is 220 g/mol. The third kappa shape index (κ3) is 3.08. The van der Waals surface area contributed by atoms with Crippen LogP contribution in [0.25, 0.3) is 0 Å². The average molecular weight is 220 g/mol. The van der Waals surface area contributed by atoms with Crippen LogP contribution in [0.3, 0.4) is 0 Å². The summed E-state index contributed by atoms with van der Waals surface area (Å²) in [6.45, 7) is 1.10. The van der Waals surface area contributed by atoms with Crippen LogP contribution in [0.5, 0.6) is 0 Å². The van der Waals surface area contributed by atoms with Crippen molar-refractivity contribution in [2.45, 2.75) is 0 Å². The number of hydrogen-bond acceptors (Lipinski definition) is 8. The smallest absolute Gasteiger partial charge is 0.153 e. The Bertz CT molecular complexity index is 403. The van der Waals surface area contributed by atoms with E-state index < -0.39 is 0 Å². The second-order valence-electron chi connectivity index (χ2n) is 2.73. The van der Waals surface area contributed by atoms with Crippen molar-refractivity contribution >= 4 is 12.4 Å². The first kappa shape index (κ1) is 10.1. The second kappa shape index (κ2) is 5.49. The summed E-state index contributed by atoms with van der Waals surface area (Å²) in [5.74, 6) is 0. The predicted molar refractivity (Wildman–Crippen MR) is 53.5 cm³/mol. The molecule has 0 fully saturated rings. The average Bonchev–Trinajstić information content (AvgIpc) is 2.96. The van der Waals surface area contributed by atoms with Gasteiger partial charge in [0.05, 0.1) is 25.5 Å². The molecule has 0 aliphatic heterocycles. The molecule has 2 rings (SSSR count). The van der Waals surface area contributed by atoms with Crippen LogP contribution in [0.15, 0.2) is 31.6 Å². The molecule has 82 valence electrons. The number of rotatable bonds is 5. The molecule has 0 radical (unpaired) electrons. The molecule has 8 nitrogen and oxygen atoms in total. The first-order valence-corrected chi connectivity index (χ1v) is 4.49. The van der Waals surface area contributed by atoms with Crippen molar-refractivity contribution in [3.05, 3.63) is 23.9 Å². The van der Waals surface area contributed by atoms with Gasteiger partial charge in [0.1, 0.15) is 11.4 Å². The van der Waals surface area contributed by atoms with E-state index in [1.165, 1.54) is 12.5 Å². The fourth-order valence-corrected chi connectivity index (χ4v) is 0.888. The lowest BCUT2D eigenvalue weighted by Crippen LogP contribution is -1.90. The number of aromatic nitrogens is 4. The molecular weight excluding hydrogens is 212 g/mol. The van der Waals surface area contributed by atoms with Gasteiger partial charge in [0.15, 0.2) is 12.5 Å². The second-order valence-corrected chi connectivity index (χ2v) is 2.73. The Morgan fingerprint density at radius 3 is 1.81 bits per heavy atom.